The van der Waals surface area contributed by atoms with Crippen molar-refractivity contribution in [1.29, 1.82) is 0 Å². The van der Waals surface area contributed by atoms with E-state index < -0.39 is 43.0 Å². The van der Waals surface area contributed by atoms with E-state index >= 15 is 0 Å². The molecule has 2 aliphatic heterocycles. The van der Waals surface area contributed by atoms with Gasteiger partial charge in [-0.2, -0.15) is 0 Å². The first-order valence-corrected chi connectivity index (χ1v) is 27.7. The van der Waals surface area contributed by atoms with Gasteiger partial charge in [-0.1, -0.05) is 227 Å². The number of aromatic nitrogens is 2. The highest BCUT2D eigenvalue weighted by Gasteiger charge is 2.43. The highest BCUT2D eigenvalue weighted by Crippen LogP contribution is 2.41. The lowest BCUT2D eigenvalue weighted by Crippen LogP contribution is -2.61. The fourth-order valence-corrected chi connectivity index (χ4v) is 13.4. The number of rotatable bonds is 10. The van der Waals surface area contributed by atoms with Gasteiger partial charge in [0, 0.05) is 44.0 Å². The van der Waals surface area contributed by atoms with Crippen molar-refractivity contribution in [2.45, 2.75) is 119 Å². The lowest BCUT2D eigenvalue weighted by Gasteiger charge is -2.36. The molecular weight excluding hydrogens is 914 g/mol. The van der Waals surface area contributed by atoms with Crippen molar-refractivity contribution in [3.8, 4) is 33.6 Å². The van der Waals surface area contributed by atoms with Crippen LogP contribution in [0.1, 0.15) is 166 Å². The average molecular weight is 995 g/mol. The lowest BCUT2D eigenvalue weighted by atomic mass is 9.31. The summed E-state index contributed by atoms with van der Waals surface area (Å²) >= 11 is 0. The van der Waals surface area contributed by atoms with Crippen LogP contribution < -0.4 is 32.8 Å². The van der Waals surface area contributed by atoms with Crippen LogP contribution in [0.3, 0.4) is 0 Å². The molecule has 0 bridgehead atoms. The molecule has 2 aromatic heterocycles. The van der Waals surface area contributed by atoms with Gasteiger partial charge in [-0.25, -0.2) is 0 Å². The van der Waals surface area contributed by atoms with Gasteiger partial charge in [-0.15, -0.1) is 0 Å². The fourth-order valence-electron chi connectivity index (χ4n) is 13.4. The molecule has 2 nitrogen and oxygen atoms in total. The Morgan fingerprint density at radius 2 is 0.789 bits per heavy atom. The second kappa shape index (κ2) is 18.2. The molecule has 0 radical (unpaired) electrons. The summed E-state index contributed by atoms with van der Waals surface area (Å²) in [7, 11) is 0. The van der Waals surface area contributed by atoms with E-state index in [0.29, 0.717) is 17.0 Å². The maximum Gasteiger partial charge on any atom is 0.247 e. The Labute approximate surface area is 466 Å². The van der Waals surface area contributed by atoms with Crippen molar-refractivity contribution < 1.29 is 13.7 Å². The van der Waals surface area contributed by atoms with Gasteiger partial charge >= 0.3 is 0 Å². The van der Waals surface area contributed by atoms with Gasteiger partial charge < -0.3 is 9.13 Å². The molecule has 4 heteroatoms. The maximum atomic E-state index is 9.52. The van der Waals surface area contributed by atoms with Crippen LogP contribution in [0.4, 0.5) is 0 Å². The van der Waals surface area contributed by atoms with Gasteiger partial charge in [0.1, 0.15) is 0 Å². The number of hydrogen-bond acceptors (Lipinski definition) is 0. The summed E-state index contributed by atoms with van der Waals surface area (Å²) in [6.45, 7) is 26.8. The van der Waals surface area contributed by atoms with Gasteiger partial charge in [0.2, 0.25) is 13.4 Å². The largest absolute Gasteiger partial charge is 0.310 e. The lowest BCUT2D eigenvalue weighted by molar-refractivity contribution is 0.812. The second-order valence-electron chi connectivity index (χ2n) is 23.6. The van der Waals surface area contributed by atoms with E-state index in [1.54, 1.807) is 0 Å². The zero-order valence-corrected chi connectivity index (χ0v) is 45.9. The monoisotopic (exact) mass is 995 g/mol. The SMILES string of the molecule is [2H]c1c([2H])c([2H])c(-c2ccc3c(c2)c2cc(-c4c([2H])c([2H])c([2H])c([2H])c4[2H])cc4c2n3-c2cc3c(cc2B4c2c(C(C)C)cc(C(C)C)cc2C(C)C)-n2c4ccccc4c4cccc(c42)B3c2c(C(C)C)cc(C(C)C)cc2C(C)C)c([2H])c1[2H]. The van der Waals surface area contributed by atoms with Crippen LogP contribution in [-0.4, -0.2) is 22.6 Å². The van der Waals surface area contributed by atoms with E-state index in [9.17, 15) is 5.48 Å². The zero-order valence-electron chi connectivity index (χ0n) is 55.9. The predicted octanol–water partition coefficient (Wildman–Crippen LogP) is 15.6. The average Bonchev–Trinajstić information content (AvgIpc) is 1.49. The molecule has 4 heterocycles. The summed E-state index contributed by atoms with van der Waals surface area (Å²) in [5.74, 6) is 1.12. The number of benzene rings is 9. The fraction of sp³-hybridized carbons (Fsp3) is 0.250. The Hall–Kier alpha value is -7.29. The van der Waals surface area contributed by atoms with E-state index in [0.717, 1.165) is 49.6 Å². The molecule has 0 atom stereocenters. The van der Waals surface area contributed by atoms with Crippen LogP contribution >= 0.6 is 0 Å². The molecule has 9 aromatic carbocycles. The van der Waals surface area contributed by atoms with E-state index in [1.807, 2.05) is 24.3 Å². The number of fused-ring (bicyclic) bond motifs is 10. The van der Waals surface area contributed by atoms with E-state index in [-0.39, 0.29) is 71.6 Å². The van der Waals surface area contributed by atoms with Crippen molar-refractivity contribution in [3.63, 3.8) is 0 Å². The minimum atomic E-state index is -0.473. The van der Waals surface area contributed by atoms with Gasteiger partial charge in [-0.05, 0) is 149 Å². The van der Waals surface area contributed by atoms with Crippen molar-refractivity contribution >= 4 is 89.8 Å². The molecule has 0 aliphatic carbocycles. The van der Waals surface area contributed by atoms with Gasteiger partial charge in [0.15, 0.2) is 0 Å². The zero-order chi connectivity index (χ0) is 61.3. The molecule has 0 amide bonds. The summed E-state index contributed by atoms with van der Waals surface area (Å²) in [6.07, 6.45) is 0. The highest BCUT2D eigenvalue weighted by molar-refractivity contribution is 7.00. The Bertz CT molecular complexity index is 4640. The first-order valence-electron chi connectivity index (χ1n) is 32.7. The molecule has 2 aliphatic rings. The van der Waals surface area contributed by atoms with Gasteiger partial charge in [0.25, 0.3) is 0 Å². The number of para-hydroxylation sites is 2. The normalized spacial score (nSPS) is 15.0. The molecule has 0 saturated heterocycles. The minimum absolute atomic E-state index is 0.0774. The molecule has 11 aromatic rings. The third kappa shape index (κ3) is 7.29. The Kier molecular flexibility index (Phi) is 9.16. The van der Waals surface area contributed by atoms with Crippen LogP contribution in [0, 0.1) is 0 Å². The van der Waals surface area contributed by atoms with Crippen molar-refractivity contribution in [2.24, 2.45) is 0 Å². The van der Waals surface area contributed by atoms with Gasteiger partial charge in [0.05, 0.1) is 24.7 Å². The standard InChI is InChI=1S/C72H70B2N2/c1-41(2)50-33-55(43(5)6)69(56(34-50)44(7)8)73-61-28-21-27-54-53-26-19-20-29-65(53)75(71(54)61)67-40-63-68(39-62(67)73)76-66-31-30-49(47-22-15-13-16-23-47)32-59(66)60-37-52(48-24-17-14-18-25-48)38-64(72(60)76)74(63)70-57(45(9)10)35-51(42(3)4)36-58(70)46(11)12/h13-46H,1-12H3/i13D,14D,15D,16D,17D,18D,22D,23D,24D,25D. The van der Waals surface area contributed by atoms with Crippen LogP contribution in [0.25, 0.3) is 77.2 Å². The van der Waals surface area contributed by atoms with Crippen LogP contribution in [-0.2, 0) is 0 Å². The Morgan fingerprint density at radius 1 is 0.342 bits per heavy atom. The third-order valence-electron chi connectivity index (χ3n) is 17.0. The smallest absolute Gasteiger partial charge is 0.247 e. The molecule has 0 fully saturated rings. The molecule has 0 saturated carbocycles. The number of nitrogens with zero attached hydrogens (tertiary/aromatic N) is 2. The molecule has 0 N–H and O–H groups in total. The van der Waals surface area contributed by atoms with Gasteiger partial charge in [-0.3, -0.25) is 0 Å². The minimum Gasteiger partial charge on any atom is -0.310 e. The first-order chi connectivity index (χ1) is 40.8. The van der Waals surface area contributed by atoms with Crippen LogP contribution in [0.2, 0.25) is 0 Å². The predicted molar refractivity (Wildman–Crippen MR) is 333 cm³/mol. The van der Waals surface area contributed by atoms with Crippen molar-refractivity contribution in [3.05, 3.63) is 203 Å². The quantitative estimate of drug-likeness (QED) is 0.121. The van der Waals surface area contributed by atoms with E-state index in [4.69, 9.17) is 8.22 Å². The molecule has 0 unspecified atom stereocenters. The Morgan fingerprint density at radius 3 is 1.30 bits per heavy atom. The van der Waals surface area contributed by atoms with Crippen molar-refractivity contribution in [2.75, 3.05) is 0 Å². The van der Waals surface area contributed by atoms with Crippen LogP contribution in [0.15, 0.2) is 170 Å². The summed E-state index contributed by atoms with van der Waals surface area (Å²) < 4.78 is 95.1. The second-order valence-corrected chi connectivity index (χ2v) is 23.6. The summed E-state index contributed by atoms with van der Waals surface area (Å²) in [5.41, 5.74) is 21.7. The van der Waals surface area contributed by atoms with E-state index in [1.165, 1.54) is 71.5 Å². The van der Waals surface area contributed by atoms with Crippen LogP contribution in [0.5, 0.6) is 0 Å². The van der Waals surface area contributed by atoms with E-state index in [2.05, 4.69) is 177 Å². The molecule has 0 spiro atoms. The maximum absolute atomic E-state index is 9.52. The molecule has 76 heavy (non-hydrogen) atoms. The summed E-state index contributed by atoms with van der Waals surface area (Å²) in [4.78, 5) is 0. The first kappa shape index (κ1) is 38.3. The Balaban J connectivity index is 1.28. The summed E-state index contributed by atoms with van der Waals surface area (Å²) in [6, 6.07) is 36.2. The third-order valence-corrected chi connectivity index (χ3v) is 17.0. The van der Waals surface area contributed by atoms with Crippen molar-refractivity contribution in [1.82, 2.24) is 9.13 Å². The molecular formula is C72H70B2N2. The molecule has 13 rings (SSSR count). The highest BCUT2D eigenvalue weighted by atomic mass is 15.0. The molecule has 374 valence electrons. The number of hydrogen-bond donors (Lipinski definition) is 0. The summed E-state index contributed by atoms with van der Waals surface area (Å²) in [5, 5.41) is 3.82. The topological polar surface area (TPSA) is 9.86 Å².